The van der Waals surface area contributed by atoms with Crippen molar-refractivity contribution in [2.24, 2.45) is 23.2 Å². The van der Waals surface area contributed by atoms with Gasteiger partial charge in [-0.05, 0) is 57.3 Å². The second-order valence-corrected chi connectivity index (χ2v) is 9.40. The lowest BCUT2D eigenvalue weighted by molar-refractivity contribution is -0.136. The summed E-state index contributed by atoms with van der Waals surface area (Å²) in [6, 6.07) is 0.243. The lowest BCUT2D eigenvalue weighted by Gasteiger charge is -2.48. The van der Waals surface area contributed by atoms with Crippen LogP contribution >= 0.6 is 0 Å². The van der Waals surface area contributed by atoms with Crippen LogP contribution in [-0.2, 0) is 14.3 Å². The van der Waals surface area contributed by atoms with Crippen LogP contribution in [0.15, 0.2) is 0 Å². The Bertz CT molecular complexity index is 701. The van der Waals surface area contributed by atoms with Crippen molar-refractivity contribution in [3.63, 3.8) is 0 Å². The van der Waals surface area contributed by atoms with Crippen molar-refractivity contribution in [1.82, 2.24) is 5.32 Å². The van der Waals surface area contributed by atoms with Gasteiger partial charge < -0.3 is 19.7 Å². The van der Waals surface area contributed by atoms with Crippen molar-refractivity contribution in [2.45, 2.75) is 82.3 Å². The molecule has 0 aromatic rings. The van der Waals surface area contributed by atoms with Gasteiger partial charge in [0.15, 0.2) is 0 Å². The highest BCUT2D eigenvalue weighted by molar-refractivity contribution is 5.88. The minimum atomic E-state index is -1.18. The Morgan fingerprint density at radius 2 is 2.00 bits per heavy atom. The SMILES string of the molecule is CCOC(=O)C#CC1(O)CCC2C3NC4(OC)CC(O)CCC4C3CCC21C. The highest BCUT2D eigenvalue weighted by atomic mass is 16.5. The highest BCUT2D eigenvalue weighted by Gasteiger charge is 2.67. The molecule has 28 heavy (non-hydrogen) atoms. The number of rotatable bonds is 2. The lowest BCUT2D eigenvalue weighted by atomic mass is 9.57. The largest absolute Gasteiger partial charge is 0.456 e. The van der Waals surface area contributed by atoms with Gasteiger partial charge >= 0.3 is 5.97 Å². The first-order chi connectivity index (χ1) is 13.3. The zero-order chi connectivity index (χ0) is 20.2. The van der Waals surface area contributed by atoms with Crippen LogP contribution in [0.1, 0.15) is 58.8 Å². The smallest absolute Gasteiger partial charge is 0.384 e. The summed E-state index contributed by atoms with van der Waals surface area (Å²) < 4.78 is 10.9. The first kappa shape index (κ1) is 20.2. The maximum atomic E-state index is 11.7. The summed E-state index contributed by atoms with van der Waals surface area (Å²) in [6.07, 6.45) is 5.42. The van der Waals surface area contributed by atoms with E-state index in [2.05, 4.69) is 24.1 Å². The third kappa shape index (κ3) is 2.82. The number of esters is 1. The predicted octanol–water partition coefficient (Wildman–Crippen LogP) is 1.59. The van der Waals surface area contributed by atoms with Gasteiger partial charge in [0, 0.05) is 36.8 Å². The molecule has 1 heterocycles. The van der Waals surface area contributed by atoms with E-state index in [1.54, 1.807) is 14.0 Å². The van der Waals surface area contributed by atoms with E-state index in [1.807, 2.05) is 0 Å². The zero-order valence-corrected chi connectivity index (χ0v) is 17.2. The average Bonchev–Trinajstić information content (AvgIpc) is 3.12. The molecule has 1 aliphatic heterocycles. The molecule has 0 bridgehead atoms. The van der Waals surface area contributed by atoms with E-state index in [4.69, 9.17) is 9.47 Å². The van der Waals surface area contributed by atoms with Crippen LogP contribution < -0.4 is 5.32 Å². The summed E-state index contributed by atoms with van der Waals surface area (Å²) in [4.78, 5) is 11.7. The van der Waals surface area contributed by atoms with E-state index in [9.17, 15) is 15.0 Å². The summed E-state index contributed by atoms with van der Waals surface area (Å²) in [6.45, 7) is 4.15. The van der Waals surface area contributed by atoms with Gasteiger partial charge in [0.05, 0.1) is 12.7 Å². The van der Waals surface area contributed by atoms with Gasteiger partial charge in [-0.2, -0.15) is 0 Å². The Hall–Kier alpha value is -1.13. The standard InChI is InChI=1S/C22H33NO5/c1-4-28-18(25)9-12-21(26)11-8-17-19-15(7-10-20(17,21)2)16-6-5-14(24)13-22(16,23-19)27-3/h14-17,19,23-24,26H,4-8,10-11,13H2,1-3H3. The Balaban J connectivity index is 1.60. The third-order valence-electron chi connectivity index (χ3n) is 8.36. The number of ether oxygens (including phenoxy) is 2. The number of fused-ring (bicyclic) bond motifs is 5. The molecule has 0 amide bonds. The molecule has 156 valence electrons. The van der Waals surface area contributed by atoms with Crippen molar-refractivity contribution in [3.05, 3.63) is 0 Å². The summed E-state index contributed by atoms with van der Waals surface area (Å²) in [7, 11) is 1.74. The fraction of sp³-hybridized carbons (Fsp3) is 0.864. The minimum Gasteiger partial charge on any atom is -0.456 e. The molecule has 8 unspecified atom stereocenters. The fourth-order valence-electron chi connectivity index (χ4n) is 6.88. The second-order valence-electron chi connectivity index (χ2n) is 9.40. The van der Waals surface area contributed by atoms with Crippen LogP contribution in [0.5, 0.6) is 0 Å². The molecule has 4 aliphatic rings. The molecular weight excluding hydrogens is 358 g/mol. The van der Waals surface area contributed by atoms with Crippen LogP contribution in [0.25, 0.3) is 0 Å². The topological polar surface area (TPSA) is 88.0 Å². The number of aliphatic hydroxyl groups is 2. The molecule has 4 rings (SSSR count). The Morgan fingerprint density at radius 3 is 2.71 bits per heavy atom. The zero-order valence-electron chi connectivity index (χ0n) is 17.2. The van der Waals surface area contributed by atoms with Gasteiger partial charge in [-0.15, -0.1) is 0 Å². The summed E-state index contributed by atoms with van der Waals surface area (Å²) in [5.41, 5.74) is -2.01. The monoisotopic (exact) mass is 391 g/mol. The number of aliphatic hydroxyl groups excluding tert-OH is 1. The summed E-state index contributed by atoms with van der Waals surface area (Å²) in [5, 5.41) is 25.5. The molecule has 0 aromatic carbocycles. The van der Waals surface area contributed by atoms with Crippen molar-refractivity contribution < 1.29 is 24.5 Å². The Kier molecular flexibility index (Phi) is 5.03. The van der Waals surface area contributed by atoms with Crippen LogP contribution in [0.2, 0.25) is 0 Å². The van der Waals surface area contributed by atoms with E-state index in [0.29, 0.717) is 24.7 Å². The number of hydrogen-bond donors (Lipinski definition) is 3. The van der Waals surface area contributed by atoms with Gasteiger partial charge in [0.1, 0.15) is 11.3 Å². The van der Waals surface area contributed by atoms with Crippen LogP contribution in [-0.4, -0.2) is 53.4 Å². The summed E-state index contributed by atoms with van der Waals surface area (Å²) >= 11 is 0. The van der Waals surface area contributed by atoms with Gasteiger partial charge in [0.2, 0.25) is 0 Å². The van der Waals surface area contributed by atoms with Crippen molar-refractivity contribution in [3.8, 4) is 11.8 Å². The number of hydrogen-bond acceptors (Lipinski definition) is 6. The van der Waals surface area contributed by atoms with Crippen LogP contribution in [0, 0.1) is 35.0 Å². The minimum absolute atomic E-state index is 0.243. The number of methoxy groups -OCH3 is 1. The van der Waals surface area contributed by atoms with Gasteiger partial charge in [0.25, 0.3) is 0 Å². The van der Waals surface area contributed by atoms with Gasteiger partial charge in [-0.1, -0.05) is 12.8 Å². The normalized spacial score (nSPS) is 49.4. The van der Waals surface area contributed by atoms with Crippen LogP contribution in [0.4, 0.5) is 0 Å². The molecule has 1 saturated heterocycles. The van der Waals surface area contributed by atoms with E-state index in [1.165, 1.54) is 0 Å². The fourth-order valence-corrected chi connectivity index (χ4v) is 6.88. The van der Waals surface area contributed by atoms with Gasteiger partial charge in [-0.25, -0.2) is 4.79 Å². The Labute approximate surface area is 167 Å². The molecule has 6 nitrogen and oxygen atoms in total. The number of nitrogens with one attached hydrogen (secondary N) is 1. The molecule has 4 fully saturated rings. The molecule has 3 saturated carbocycles. The van der Waals surface area contributed by atoms with Crippen LogP contribution in [0.3, 0.4) is 0 Å². The predicted molar refractivity (Wildman–Crippen MR) is 103 cm³/mol. The Morgan fingerprint density at radius 1 is 1.21 bits per heavy atom. The van der Waals surface area contributed by atoms with E-state index >= 15 is 0 Å². The molecule has 3 aliphatic carbocycles. The first-order valence-electron chi connectivity index (χ1n) is 10.7. The van der Waals surface area contributed by atoms with E-state index in [-0.39, 0.29) is 30.1 Å². The third-order valence-corrected chi connectivity index (χ3v) is 8.36. The quantitative estimate of drug-likeness (QED) is 0.376. The molecular formula is C22H33NO5. The average molecular weight is 392 g/mol. The lowest BCUT2D eigenvalue weighted by Crippen LogP contribution is -2.56. The van der Waals surface area contributed by atoms with Crippen molar-refractivity contribution in [2.75, 3.05) is 13.7 Å². The van der Waals surface area contributed by atoms with E-state index in [0.717, 1.165) is 32.1 Å². The van der Waals surface area contributed by atoms with Crippen molar-refractivity contribution in [1.29, 1.82) is 0 Å². The maximum absolute atomic E-state index is 11.7. The molecule has 3 N–H and O–H groups in total. The number of carbonyl (C=O) groups excluding carboxylic acids is 1. The maximum Gasteiger partial charge on any atom is 0.384 e. The number of carbonyl (C=O) groups is 1. The van der Waals surface area contributed by atoms with E-state index < -0.39 is 17.3 Å². The van der Waals surface area contributed by atoms with Crippen molar-refractivity contribution >= 4 is 5.97 Å². The highest BCUT2D eigenvalue weighted by Crippen LogP contribution is 2.63. The molecule has 6 heteroatoms. The molecule has 8 atom stereocenters. The second kappa shape index (κ2) is 6.98. The molecule has 0 spiro atoms. The summed E-state index contributed by atoms with van der Waals surface area (Å²) in [5.74, 6) is 5.99. The first-order valence-corrected chi connectivity index (χ1v) is 10.7. The molecule has 0 radical (unpaired) electrons. The van der Waals surface area contributed by atoms with Gasteiger partial charge in [-0.3, -0.25) is 5.32 Å². The molecule has 0 aromatic heterocycles.